The molecule has 1 fully saturated rings. The zero-order chi connectivity index (χ0) is 15.3. The van der Waals surface area contributed by atoms with Gasteiger partial charge in [-0.05, 0) is 52.0 Å². The second-order valence-corrected chi connectivity index (χ2v) is 6.46. The number of likely N-dealkylation sites (N-methyl/N-ethyl adjacent to an activating group) is 1. The van der Waals surface area contributed by atoms with Gasteiger partial charge in [-0.3, -0.25) is 0 Å². The summed E-state index contributed by atoms with van der Waals surface area (Å²) in [6.45, 7) is 15.3. The summed E-state index contributed by atoms with van der Waals surface area (Å²) in [5.74, 6) is 0. The van der Waals surface area contributed by atoms with Crippen LogP contribution in [0.3, 0.4) is 0 Å². The maximum Gasteiger partial charge on any atom is 0.0107 e. The molecule has 0 aliphatic heterocycles. The normalized spacial score (nSPS) is 17.6. The van der Waals surface area contributed by atoms with E-state index in [2.05, 4.69) is 35.9 Å². The second-order valence-electron chi connectivity index (χ2n) is 6.46. The van der Waals surface area contributed by atoms with Gasteiger partial charge in [-0.2, -0.15) is 0 Å². The molecule has 1 saturated carbocycles. The van der Waals surface area contributed by atoms with Gasteiger partial charge in [-0.1, -0.05) is 46.5 Å². The fourth-order valence-corrected chi connectivity index (χ4v) is 3.40. The summed E-state index contributed by atoms with van der Waals surface area (Å²) in [7, 11) is 0. The third kappa shape index (κ3) is 8.80. The minimum atomic E-state index is 0.793. The molecule has 21 heavy (non-hydrogen) atoms. The van der Waals surface area contributed by atoms with Crippen molar-refractivity contribution in [1.29, 1.82) is 0 Å². The summed E-state index contributed by atoms with van der Waals surface area (Å²) < 4.78 is 0. The Balaban J connectivity index is 2.09. The predicted molar refractivity (Wildman–Crippen MR) is 94.0 cm³/mol. The Morgan fingerprint density at radius 2 is 1.33 bits per heavy atom. The first-order valence-corrected chi connectivity index (χ1v) is 9.48. The summed E-state index contributed by atoms with van der Waals surface area (Å²) in [4.78, 5) is 5.13. The third-order valence-corrected chi connectivity index (χ3v) is 5.01. The Bertz CT molecular complexity index is 221. The molecule has 0 aromatic carbocycles. The molecule has 0 heterocycles. The average Bonchev–Trinajstić information content (AvgIpc) is 2.78. The monoisotopic (exact) mass is 297 g/mol. The maximum absolute atomic E-state index is 3.80. The Morgan fingerprint density at radius 1 is 0.762 bits per heavy atom. The highest BCUT2D eigenvalue weighted by Gasteiger charge is 2.11. The highest BCUT2D eigenvalue weighted by Crippen LogP contribution is 2.16. The van der Waals surface area contributed by atoms with Crippen molar-refractivity contribution in [3.05, 3.63) is 0 Å². The van der Waals surface area contributed by atoms with Crippen molar-refractivity contribution in [1.82, 2.24) is 15.1 Å². The molecule has 0 aromatic heterocycles. The molecule has 1 N–H and O–H groups in total. The second kappa shape index (κ2) is 12.4. The van der Waals surface area contributed by atoms with Crippen molar-refractivity contribution in [3.8, 4) is 0 Å². The lowest BCUT2D eigenvalue weighted by molar-refractivity contribution is 0.240. The lowest BCUT2D eigenvalue weighted by Gasteiger charge is -2.24. The summed E-state index contributed by atoms with van der Waals surface area (Å²) >= 11 is 0. The first-order chi connectivity index (χ1) is 10.3. The van der Waals surface area contributed by atoms with Gasteiger partial charge < -0.3 is 15.1 Å². The summed E-state index contributed by atoms with van der Waals surface area (Å²) in [6.07, 6.45) is 9.86. The molecular weight excluding hydrogens is 258 g/mol. The lowest BCUT2D eigenvalue weighted by Crippen LogP contribution is -2.38. The molecule has 3 heteroatoms. The zero-order valence-corrected chi connectivity index (χ0v) is 14.9. The van der Waals surface area contributed by atoms with Gasteiger partial charge in [0.05, 0.1) is 0 Å². The Morgan fingerprint density at radius 3 is 1.90 bits per heavy atom. The van der Waals surface area contributed by atoms with E-state index in [0.717, 1.165) is 6.04 Å². The van der Waals surface area contributed by atoms with E-state index in [1.54, 1.807) is 0 Å². The number of hydrogen-bond acceptors (Lipinski definition) is 3. The first-order valence-electron chi connectivity index (χ1n) is 9.48. The van der Waals surface area contributed by atoms with E-state index in [-0.39, 0.29) is 0 Å². The van der Waals surface area contributed by atoms with Crippen molar-refractivity contribution < 1.29 is 0 Å². The minimum absolute atomic E-state index is 0.793. The van der Waals surface area contributed by atoms with Crippen molar-refractivity contribution >= 4 is 0 Å². The molecule has 0 unspecified atom stereocenters. The van der Waals surface area contributed by atoms with Crippen molar-refractivity contribution in [2.24, 2.45) is 0 Å². The van der Waals surface area contributed by atoms with E-state index in [9.17, 15) is 0 Å². The fraction of sp³-hybridized carbons (Fsp3) is 1.00. The van der Waals surface area contributed by atoms with Crippen LogP contribution >= 0.6 is 0 Å². The maximum atomic E-state index is 3.80. The minimum Gasteiger partial charge on any atom is -0.313 e. The van der Waals surface area contributed by atoms with Crippen molar-refractivity contribution in [2.45, 2.75) is 71.8 Å². The molecule has 0 atom stereocenters. The van der Waals surface area contributed by atoms with Crippen LogP contribution in [0.1, 0.15) is 65.7 Å². The van der Waals surface area contributed by atoms with E-state index in [4.69, 9.17) is 0 Å². The Labute approximate surface area is 133 Å². The molecule has 1 aliphatic rings. The molecule has 0 bridgehead atoms. The molecule has 1 aliphatic carbocycles. The van der Waals surface area contributed by atoms with Crippen LogP contribution < -0.4 is 5.32 Å². The third-order valence-electron chi connectivity index (χ3n) is 5.01. The van der Waals surface area contributed by atoms with Gasteiger partial charge in [0, 0.05) is 19.1 Å². The standard InChI is InChI=1S/C18H39N3/c1-4-20(5-2)15-11-16-21(6-3)17-14-19-18-12-9-7-8-10-13-18/h18-19H,4-17H2,1-3H3. The molecule has 0 aromatic rings. The van der Waals surface area contributed by atoms with Gasteiger partial charge in [-0.25, -0.2) is 0 Å². The van der Waals surface area contributed by atoms with Gasteiger partial charge in [0.2, 0.25) is 0 Å². The number of rotatable bonds is 11. The zero-order valence-electron chi connectivity index (χ0n) is 14.9. The molecule has 3 nitrogen and oxygen atoms in total. The van der Waals surface area contributed by atoms with Gasteiger partial charge in [0.25, 0.3) is 0 Å². The van der Waals surface area contributed by atoms with Crippen LogP contribution in [0.2, 0.25) is 0 Å². The quantitative estimate of drug-likeness (QED) is 0.590. The molecule has 1 rings (SSSR count). The highest BCUT2D eigenvalue weighted by atomic mass is 15.1. The molecule has 126 valence electrons. The van der Waals surface area contributed by atoms with E-state index in [1.807, 2.05) is 0 Å². The van der Waals surface area contributed by atoms with Crippen LogP contribution in [0.5, 0.6) is 0 Å². The van der Waals surface area contributed by atoms with Crippen LogP contribution in [0.4, 0.5) is 0 Å². The topological polar surface area (TPSA) is 18.5 Å². The summed E-state index contributed by atoms with van der Waals surface area (Å²) in [5, 5.41) is 3.80. The van der Waals surface area contributed by atoms with Crippen LogP contribution in [-0.4, -0.2) is 61.7 Å². The van der Waals surface area contributed by atoms with Gasteiger partial charge in [0.1, 0.15) is 0 Å². The van der Waals surface area contributed by atoms with E-state index < -0.39 is 0 Å². The van der Waals surface area contributed by atoms with E-state index in [1.165, 1.54) is 90.8 Å². The van der Waals surface area contributed by atoms with Crippen LogP contribution in [0.15, 0.2) is 0 Å². The first kappa shape index (κ1) is 18.9. The number of nitrogens with zero attached hydrogens (tertiary/aromatic N) is 2. The van der Waals surface area contributed by atoms with Crippen molar-refractivity contribution in [3.63, 3.8) is 0 Å². The van der Waals surface area contributed by atoms with Crippen molar-refractivity contribution in [2.75, 3.05) is 45.8 Å². The molecule has 0 spiro atoms. The molecule has 0 amide bonds. The number of nitrogens with one attached hydrogen (secondary N) is 1. The van der Waals surface area contributed by atoms with Crippen LogP contribution in [0.25, 0.3) is 0 Å². The van der Waals surface area contributed by atoms with Gasteiger partial charge in [-0.15, -0.1) is 0 Å². The molecular formula is C18H39N3. The summed E-state index contributed by atoms with van der Waals surface area (Å²) in [6, 6.07) is 0.793. The average molecular weight is 298 g/mol. The molecule has 0 saturated heterocycles. The van der Waals surface area contributed by atoms with Crippen LogP contribution in [0, 0.1) is 0 Å². The van der Waals surface area contributed by atoms with E-state index in [0.29, 0.717) is 0 Å². The van der Waals surface area contributed by atoms with E-state index >= 15 is 0 Å². The van der Waals surface area contributed by atoms with Gasteiger partial charge in [0.15, 0.2) is 0 Å². The molecule has 0 radical (unpaired) electrons. The Hall–Kier alpha value is -0.120. The SMILES string of the molecule is CCN(CC)CCCN(CC)CCNC1CCCCCC1. The summed E-state index contributed by atoms with van der Waals surface area (Å²) in [5.41, 5.74) is 0. The predicted octanol–water partition coefficient (Wildman–Crippen LogP) is 3.35. The smallest absolute Gasteiger partial charge is 0.0107 e. The Kier molecular flexibility index (Phi) is 11.2. The van der Waals surface area contributed by atoms with Gasteiger partial charge >= 0.3 is 0 Å². The van der Waals surface area contributed by atoms with Crippen LogP contribution in [-0.2, 0) is 0 Å². The lowest BCUT2D eigenvalue weighted by atomic mass is 10.1. The highest BCUT2D eigenvalue weighted by molar-refractivity contribution is 4.71. The number of hydrogen-bond donors (Lipinski definition) is 1. The fourth-order valence-electron chi connectivity index (χ4n) is 3.40. The largest absolute Gasteiger partial charge is 0.313 e.